The summed E-state index contributed by atoms with van der Waals surface area (Å²) >= 11 is 0. The highest BCUT2D eigenvalue weighted by Crippen LogP contribution is 2.42. The van der Waals surface area contributed by atoms with E-state index in [9.17, 15) is 9.59 Å². The normalized spacial score (nSPS) is 22.9. The van der Waals surface area contributed by atoms with Crippen molar-refractivity contribution in [1.29, 1.82) is 0 Å². The molecule has 0 radical (unpaired) electrons. The molecule has 0 saturated carbocycles. The topological polar surface area (TPSA) is 102 Å². The maximum atomic E-state index is 13.2. The van der Waals surface area contributed by atoms with Crippen LogP contribution in [0.25, 0.3) is 0 Å². The Bertz CT molecular complexity index is 1030. The Morgan fingerprint density at radius 1 is 1.19 bits per heavy atom. The van der Waals surface area contributed by atoms with Crippen molar-refractivity contribution in [2.75, 3.05) is 31.9 Å². The third-order valence-electron chi connectivity index (χ3n) is 6.96. The van der Waals surface area contributed by atoms with Gasteiger partial charge in [-0.05, 0) is 38.4 Å². The second kappa shape index (κ2) is 8.40. The summed E-state index contributed by atoms with van der Waals surface area (Å²) in [7, 11) is 0. The van der Waals surface area contributed by atoms with E-state index in [-0.39, 0.29) is 23.7 Å². The highest BCUT2D eigenvalue weighted by atomic mass is 16.6. The first-order valence-electron chi connectivity index (χ1n) is 11.3. The first-order chi connectivity index (χ1) is 15.5. The quantitative estimate of drug-likeness (QED) is 0.569. The Morgan fingerprint density at radius 3 is 2.62 bits per heavy atom. The smallest absolute Gasteiger partial charge is 0.336 e. The Balaban J connectivity index is 1.15. The van der Waals surface area contributed by atoms with E-state index in [0.717, 1.165) is 43.6 Å². The highest BCUT2D eigenvalue weighted by Gasteiger charge is 2.49. The molecular weight excluding hydrogens is 406 g/mol. The number of fused-ring (bicyclic) bond motifs is 1. The Labute approximate surface area is 187 Å². The van der Waals surface area contributed by atoms with Crippen LogP contribution in [0.2, 0.25) is 0 Å². The first-order valence-corrected chi connectivity index (χ1v) is 11.3. The van der Waals surface area contributed by atoms with E-state index in [0.29, 0.717) is 37.9 Å². The van der Waals surface area contributed by atoms with Crippen LogP contribution in [0.1, 0.15) is 37.7 Å². The summed E-state index contributed by atoms with van der Waals surface area (Å²) in [6.45, 7) is 3.71. The molecule has 0 aromatic carbocycles. The molecule has 1 aromatic heterocycles. The number of rotatable bonds is 3. The zero-order chi connectivity index (χ0) is 22.1. The molecule has 0 atom stereocenters. The largest absolute Gasteiger partial charge is 0.450 e. The maximum absolute atomic E-state index is 13.2. The number of carbonyl (C=O) groups excluding carboxylic acids is 2. The van der Waals surface area contributed by atoms with E-state index in [1.165, 1.54) is 0 Å². The van der Waals surface area contributed by atoms with Crippen LogP contribution in [0.4, 0.5) is 5.95 Å². The number of ether oxygens (including phenoxy) is 1. The van der Waals surface area contributed by atoms with Gasteiger partial charge >= 0.3 is 5.97 Å². The van der Waals surface area contributed by atoms with Gasteiger partial charge in [0.1, 0.15) is 5.60 Å². The van der Waals surface area contributed by atoms with Gasteiger partial charge in [0, 0.05) is 56.4 Å². The van der Waals surface area contributed by atoms with Crippen LogP contribution in [0.3, 0.4) is 0 Å². The van der Waals surface area contributed by atoms with E-state index in [1.54, 1.807) is 18.5 Å². The number of aromatic nitrogens is 2. The predicted octanol–water partition coefficient (Wildman–Crippen LogP) is 1.45. The zero-order valence-electron chi connectivity index (χ0n) is 18.0. The van der Waals surface area contributed by atoms with Gasteiger partial charge in [0.05, 0.1) is 11.1 Å². The number of nitrogens with zero attached hydrogens (tertiary/aromatic N) is 4. The van der Waals surface area contributed by atoms with Crippen molar-refractivity contribution in [3.63, 3.8) is 0 Å². The third-order valence-corrected chi connectivity index (χ3v) is 6.96. The highest BCUT2D eigenvalue weighted by molar-refractivity contribution is 5.95. The van der Waals surface area contributed by atoms with Crippen LogP contribution in [0.5, 0.6) is 0 Å². The lowest BCUT2D eigenvalue weighted by Gasteiger charge is -2.41. The SMILES string of the molecule is Nc1ncc(CN2CCC(C(=O)N3CCC4(CC3)OC(=O)C3=C4C#CC=CC3)CC2)cn1. The number of hydrogen-bond donors (Lipinski definition) is 1. The minimum Gasteiger partial charge on any atom is -0.450 e. The summed E-state index contributed by atoms with van der Waals surface area (Å²) in [4.78, 5) is 37.9. The molecule has 166 valence electrons. The molecule has 1 aliphatic carbocycles. The van der Waals surface area contributed by atoms with Gasteiger partial charge < -0.3 is 15.4 Å². The summed E-state index contributed by atoms with van der Waals surface area (Å²) in [5, 5.41) is 0. The maximum Gasteiger partial charge on any atom is 0.336 e. The van der Waals surface area contributed by atoms with Crippen LogP contribution in [-0.2, 0) is 20.9 Å². The van der Waals surface area contributed by atoms with Crippen molar-refractivity contribution in [2.45, 2.75) is 44.2 Å². The molecule has 1 spiro atoms. The number of nitrogen functional groups attached to an aromatic ring is 1. The number of piperidine rings is 2. The summed E-state index contributed by atoms with van der Waals surface area (Å²) in [6.07, 6.45) is 10.7. The van der Waals surface area contributed by atoms with E-state index in [2.05, 4.69) is 26.7 Å². The second-order valence-corrected chi connectivity index (χ2v) is 8.94. The molecule has 2 saturated heterocycles. The lowest BCUT2D eigenvalue weighted by Crippen LogP contribution is -2.50. The monoisotopic (exact) mass is 433 g/mol. The molecule has 1 aromatic rings. The van der Waals surface area contributed by atoms with Crippen LogP contribution >= 0.6 is 0 Å². The van der Waals surface area contributed by atoms with Crippen molar-refractivity contribution < 1.29 is 14.3 Å². The van der Waals surface area contributed by atoms with E-state index >= 15 is 0 Å². The van der Waals surface area contributed by atoms with Crippen LogP contribution in [-0.4, -0.2) is 63.4 Å². The minimum atomic E-state index is -0.646. The van der Waals surface area contributed by atoms with Gasteiger partial charge in [-0.25, -0.2) is 14.8 Å². The number of carbonyl (C=O) groups is 2. The molecule has 5 rings (SSSR count). The van der Waals surface area contributed by atoms with Crippen molar-refractivity contribution in [3.8, 4) is 11.8 Å². The standard InChI is InChI=1S/C24H27N5O3/c25-23-26-14-17(15-27-23)16-28-10-6-18(7-11-28)21(30)29-12-8-24(9-13-29)20-5-3-1-2-4-19(20)22(31)32-24/h1-2,14-15,18H,4,6-13,16H2,(H2,25,26,27). The van der Waals surface area contributed by atoms with Crippen LogP contribution in [0, 0.1) is 17.8 Å². The fraction of sp³-hybridized carbons (Fsp3) is 0.500. The van der Waals surface area contributed by atoms with Gasteiger partial charge in [0.15, 0.2) is 0 Å². The molecule has 8 nitrogen and oxygen atoms in total. The van der Waals surface area contributed by atoms with Gasteiger partial charge in [-0.1, -0.05) is 17.9 Å². The fourth-order valence-electron chi connectivity index (χ4n) is 5.13. The Kier molecular flexibility index (Phi) is 5.43. The van der Waals surface area contributed by atoms with Gasteiger partial charge in [-0.15, -0.1) is 0 Å². The Hall–Kier alpha value is -3.18. The predicted molar refractivity (Wildman–Crippen MR) is 118 cm³/mol. The molecule has 4 aliphatic rings. The van der Waals surface area contributed by atoms with Crippen molar-refractivity contribution in [1.82, 2.24) is 19.8 Å². The molecule has 3 aliphatic heterocycles. The average molecular weight is 434 g/mol. The summed E-state index contributed by atoms with van der Waals surface area (Å²) < 4.78 is 5.83. The van der Waals surface area contributed by atoms with Crippen LogP contribution < -0.4 is 5.73 Å². The van der Waals surface area contributed by atoms with E-state index in [1.807, 2.05) is 11.0 Å². The molecule has 1 amide bonds. The van der Waals surface area contributed by atoms with Gasteiger partial charge in [-0.3, -0.25) is 9.69 Å². The summed E-state index contributed by atoms with van der Waals surface area (Å²) in [6, 6.07) is 0. The number of likely N-dealkylation sites (tertiary alicyclic amines) is 2. The lowest BCUT2D eigenvalue weighted by molar-refractivity contribution is -0.153. The summed E-state index contributed by atoms with van der Waals surface area (Å²) in [5.41, 5.74) is 7.45. The number of allylic oxidation sites excluding steroid dienone is 2. The Morgan fingerprint density at radius 2 is 1.91 bits per heavy atom. The van der Waals surface area contributed by atoms with E-state index in [4.69, 9.17) is 10.5 Å². The lowest BCUT2D eigenvalue weighted by atomic mass is 9.82. The van der Waals surface area contributed by atoms with Crippen molar-refractivity contribution in [2.24, 2.45) is 5.92 Å². The number of amides is 1. The fourth-order valence-corrected chi connectivity index (χ4v) is 5.13. The van der Waals surface area contributed by atoms with Gasteiger partial charge in [0.2, 0.25) is 11.9 Å². The van der Waals surface area contributed by atoms with E-state index < -0.39 is 5.60 Å². The molecule has 8 heteroatoms. The molecule has 0 unspecified atom stereocenters. The molecule has 32 heavy (non-hydrogen) atoms. The number of hydrogen-bond acceptors (Lipinski definition) is 7. The number of esters is 1. The zero-order valence-corrected chi connectivity index (χ0v) is 18.0. The molecule has 4 heterocycles. The average Bonchev–Trinajstić information content (AvgIpc) is 2.97. The number of nitrogens with two attached hydrogens (primary N) is 1. The second-order valence-electron chi connectivity index (χ2n) is 8.94. The molecular formula is C24H27N5O3. The van der Waals surface area contributed by atoms with Gasteiger partial charge in [0.25, 0.3) is 0 Å². The third kappa shape index (κ3) is 3.89. The van der Waals surface area contributed by atoms with Gasteiger partial charge in [-0.2, -0.15) is 0 Å². The van der Waals surface area contributed by atoms with Crippen molar-refractivity contribution in [3.05, 3.63) is 41.3 Å². The number of anilines is 1. The molecule has 0 bridgehead atoms. The summed E-state index contributed by atoms with van der Waals surface area (Å²) in [5.74, 6) is 6.45. The van der Waals surface area contributed by atoms with Crippen LogP contribution in [0.15, 0.2) is 35.7 Å². The minimum absolute atomic E-state index is 0.0470. The molecule has 2 fully saturated rings. The molecule has 2 N–H and O–H groups in total. The first kappa shape index (κ1) is 20.7. The van der Waals surface area contributed by atoms with Crippen molar-refractivity contribution >= 4 is 17.8 Å².